The monoisotopic (exact) mass is 506 g/mol. The molecule has 0 aromatic heterocycles. The van der Waals surface area contributed by atoms with Crippen LogP contribution >= 0.6 is 31.9 Å². The Morgan fingerprint density at radius 3 is 1.48 bits per heavy atom. The second-order valence-corrected chi connectivity index (χ2v) is 9.83. The molecule has 2 aromatic rings. The second-order valence-electron chi connectivity index (χ2n) is 4.98. The summed E-state index contributed by atoms with van der Waals surface area (Å²) in [6, 6.07) is 19.9. The zero-order chi connectivity index (χ0) is 16.3. The van der Waals surface area contributed by atoms with Crippen LogP contribution in [-0.2, 0) is 0 Å². The molecule has 23 heavy (non-hydrogen) atoms. The fourth-order valence-electron chi connectivity index (χ4n) is 1.83. The molecule has 0 fully saturated rings. The normalized spacial score (nSPS) is 13.3. The molecule has 0 radical (unpaired) electrons. The summed E-state index contributed by atoms with van der Waals surface area (Å²) in [6.07, 6.45) is 0. The first-order chi connectivity index (χ1) is 11.2. The van der Waals surface area contributed by atoms with Gasteiger partial charge in [0, 0.05) is 0 Å². The maximum atomic E-state index is 5.76. The van der Waals surface area contributed by atoms with E-state index in [0.717, 1.165) is 22.1 Å². The summed E-state index contributed by atoms with van der Waals surface area (Å²) in [5.74, 6) is 1.86. The molecule has 2 rings (SSSR count). The molecule has 0 bridgehead atoms. The van der Waals surface area contributed by atoms with E-state index in [0.29, 0.717) is 37.8 Å². The summed E-state index contributed by atoms with van der Waals surface area (Å²) in [4.78, 5) is 0.801. The molecule has 0 spiro atoms. The molecule has 0 aliphatic heterocycles. The van der Waals surface area contributed by atoms with Gasteiger partial charge in [0.25, 0.3) is 0 Å². The molecule has 5 heteroatoms. The number of alkyl halides is 2. The average molecular weight is 507 g/mol. The van der Waals surface area contributed by atoms with Crippen LogP contribution in [0.1, 0.15) is 0 Å². The van der Waals surface area contributed by atoms with Crippen molar-refractivity contribution in [2.24, 2.45) is 0 Å². The maximum absolute atomic E-state index is 5.76. The number of hydrogen-bond acceptors (Lipinski definition) is 2. The molecule has 2 nitrogen and oxygen atoms in total. The van der Waals surface area contributed by atoms with Crippen molar-refractivity contribution in [1.82, 2.24) is 0 Å². The summed E-state index contributed by atoms with van der Waals surface area (Å²) in [7, 11) is 0. The predicted molar refractivity (Wildman–Crippen MR) is 105 cm³/mol. The van der Waals surface area contributed by atoms with Gasteiger partial charge in [0.05, 0.1) is 0 Å². The van der Waals surface area contributed by atoms with E-state index in [2.05, 4.69) is 31.9 Å². The Labute approximate surface area is 161 Å². The van der Waals surface area contributed by atoms with E-state index in [1.54, 1.807) is 0 Å². The molecular weight excluding hydrogens is 487 g/mol. The molecule has 2 aromatic carbocycles. The first-order valence-corrected chi connectivity index (χ1v) is 11.7. The Morgan fingerprint density at radius 1 is 0.696 bits per heavy atom. The summed E-state index contributed by atoms with van der Waals surface area (Å²) in [6.45, 7) is 1.42. The van der Waals surface area contributed by atoms with Crippen molar-refractivity contribution in [1.29, 1.82) is 0 Å². The molecule has 0 N–H and O–H groups in total. The Kier molecular flexibility index (Phi) is 9.13. The number of hydrogen-bond donors (Lipinski definition) is 0. The Morgan fingerprint density at radius 2 is 1.09 bits per heavy atom. The van der Waals surface area contributed by atoms with Crippen molar-refractivity contribution in [3.05, 3.63) is 60.7 Å². The van der Waals surface area contributed by atoms with Crippen molar-refractivity contribution in [2.75, 3.05) is 13.2 Å². The van der Waals surface area contributed by atoms with Crippen LogP contribution in [-0.4, -0.2) is 37.8 Å². The topological polar surface area (TPSA) is 18.5 Å². The van der Waals surface area contributed by atoms with E-state index in [1.807, 2.05) is 60.7 Å². The molecule has 2 atom stereocenters. The van der Waals surface area contributed by atoms with Crippen LogP contribution in [0.3, 0.4) is 0 Å². The quantitative estimate of drug-likeness (QED) is 0.325. The van der Waals surface area contributed by atoms with Gasteiger partial charge in [-0.1, -0.05) is 0 Å². The van der Waals surface area contributed by atoms with Crippen LogP contribution < -0.4 is 9.47 Å². The number of benzene rings is 2. The zero-order valence-electron chi connectivity index (χ0n) is 12.7. The van der Waals surface area contributed by atoms with Crippen molar-refractivity contribution in [3.8, 4) is 11.5 Å². The summed E-state index contributed by atoms with van der Waals surface area (Å²) >= 11 is 7.97. The molecule has 0 heterocycles. The minimum absolute atomic E-state index is 0.400. The van der Waals surface area contributed by atoms with E-state index in [1.165, 1.54) is 0 Å². The van der Waals surface area contributed by atoms with E-state index in [-0.39, 0.29) is 0 Å². The molecule has 2 unspecified atom stereocenters. The molecule has 124 valence electrons. The Balaban J connectivity index is 1.55. The molecule has 0 saturated heterocycles. The van der Waals surface area contributed by atoms with Crippen molar-refractivity contribution < 1.29 is 9.47 Å². The van der Waals surface area contributed by atoms with Gasteiger partial charge < -0.3 is 0 Å². The number of para-hydroxylation sites is 2. The van der Waals surface area contributed by atoms with Crippen molar-refractivity contribution in [2.45, 2.75) is 20.3 Å². The van der Waals surface area contributed by atoms with E-state index < -0.39 is 0 Å². The number of halogens is 2. The zero-order valence-corrected chi connectivity index (χ0v) is 17.6. The van der Waals surface area contributed by atoms with Crippen LogP contribution in [0.25, 0.3) is 0 Å². The third kappa shape index (κ3) is 8.25. The predicted octanol–water partition coefficient (Wildman–Crippen LogP) is 5.21. The standard InChI is InChI=1S/C18H20Br2O2Se/c19-15(11-21-17-7-3-1-4-8-17)13-23-14-16(20)12-22-18-9-5-2-6-10-18/h1-10,15-16H,11-14H2. The number of ether oxygens (including phenoxy) is 2. The summed E-state index contributed by atoms with van der Waals surface area (Å²) in [5, 5.41) is 2.29. The van der Waals surface area contributed by atoms with Crippen LogP contribution in [0.15, 0.2) is 60.7 Å². The summed E-state index contributed by atoms with van der Waals surface area (Å²) < 4.78 is 11.5. The fraction of sp³-hybridized carbons (Fsp3) is 0.333. The van der Waals surface area contributed by atoms with Crippen LogP contribution in [0, 0.1) is 0 Å². The van der Waals surface area contributed by atoms with Gasteiger partial charge in [0.2, 0.25) is 0 Å². The van der Waals surface area contributed by atoms with Gasteiger partial charge in [0.1, 0.15) is 0 Å². The van der Waals surface area contributed by atoms with Crippen molar-refractivity contribution in [3.63, 3.8) is 0 Å². The molecular formula is C18H20Br2O2Se. The third-order valence-corrected chi connectivity index (χ3v) is 8.73. The number of rotatable bonds is 10. The van der Waals surface area contributed by atoms with Gasteiger partial charge in [-0.15, -0.1) is 0 Å². The van der Waals surface area contributed by atoms with E-state index in [4.69, 9.17) is 9.47 Å². The van der Waals surface area contributed by atoms with Gasteiger partial charge in [-0.05, 0) is 0 Å². The average Bonchev–Trinajstić information content (AvgIpc) is 2.60. The Bertz CT molecular complexity index is 490. The fourth-order valence-corrected chi connectivity index (χ4v) is 5.80. The molecule has 0 saturated carbocycles. The molecule has 0 amide bonds. The molecule has 0 aliphatic rings. The van der Waals surface area contributed by atoms with Gasteiger partial charge in [-0.2, -0.15) is 0 Å². The van der Waals surface area contributed by atoms with E-state index >= 15 is 0 Å². The van der Waals surface area contributed by atoms with Gasteiger partial charge >= 0.3 is 162 Å². The van der Waals surface area contributed by atoms with Gasteiger partial charge in [0.15, 0.2) is 0 Å². The summed E-state index contributed by atoms with van der Waals surface area (Å²) in [5.41, 5.74) is 0. The first kappa shape index (κ1) is 18.9. The minimum atomic E-state index is 0.400. The van der Waals surface area contributed by atoms with Crippen LogP contribution in [0.5, 0.6) is 11.5 Å². The SMILES string of the molecule is BrC(COc1ccccc1)C[Se]CC(Br)COc1ccccc1. The molecule has 0 aliphatic carbocycles. The van der Waals surface area contributed by atoms with E-state index in [9.17, 15) is 0 Å². The van der Waals surface area contributed by atoms with Gasteiger partial charge in [-0.3, -0.25) is 0 Å². The third-order valence-electron chi connectivity index (χ3n) is 2.95. The van der Waals surface area contributed by atoms with Gasteiger partial charge in [-0.25, -0.2) is 0 Å². The Hall–Kier alpha value is -0.481. The second kappa shape index (κ2) is 11.1. The van der Waals surface area contributed by atoms with Crippen LogP contribution in [0.2, 0.25) is 10.6 Å². The van der Waals surface area contributed by atoms with Crippen molar-refractivity contribution >= 4 is 46.8 Å². The first-order valence-electron chi connectivity index (χ1n) is 7.45. The van der Waals surface area contributed by atoms with Crippen LogP contribution in [0.4, 0.5) is 0 Å².